The van der Waals surface area contributed by atoms with Gasteiger partial charge in [-0.3, -0.25) is 9.59 Å². The van der Waals surface area contributed by atoms with Crippen molar-refractivity contribution in [3.63, 3.8) is 0 Å². The van der Waals surface area contributed by atoms with Crippen molar-refractivity contribution < 1.29 is 14.3 Å². The number of aromatic amines is 1. The molecule has 1 fully saturated rings. The second kappa shape index (κ2) is 7.52. The fraction of sp³-hybridized carbons (Fsp3) is 0.250. The van der Waals surface area contributed by atoms with Crippen LogP contribution in [0.5, 0.6) is 5.88 Å². The van der Waals surface area contributed by atoms with Crippen LogP contribution in [-0.2, 0) is 9.59 Å². The summed E-state index contributed by atoms with van der Waals surface area (Å²) in [6, 6.07) is 8.95. The number of hydrogen-bond donors (Lipinski definition) is 3. The van der Waals surface area contributed by atoms with E-state index in [0.717, 1.165) is 16.5 Å². The lowest BCUT2D eigenvalue weighted by Gasteiger charge is -2.35. The minimum absolute atomic E-state index is 0.0145. The second-order valence-electron chi connectivity index (χ2n) is 6.90. The Morgan fingerprint density at radius 3 is 2.79 bits per heavy atom. The molecular formula is C20H19ClN4O3. The first kappa shape index (κ1) is 18.3. The number of rotatable bonds is 4. The highest BCUT2D eigenvalue weighted by molar-refractivity contribution is 6.40. The maximum Gasteiger partial charge on any atom is 0.313 e. The van der Waals surface area contributed by atoms with Gasteiger partial charge in [0.2, 0.25) is 5.88 Å². The SMILES string of the molecule is Cc1ccc(OC2CC(NC(=O)C(=O)Nc3c[nH]c4ccc(Cl)cc34)C2)nc1. The predicted molar refractivity (Wildman–Crippen MR) is 106 cm³/mol. The predicted octanol–water partition coefficient (Wildman–Crippen LogP) is 3.19. The van der Waals surface area contributed by atoms with E-state index in [0.29, 0.717) is 29.4 Å². The van der Waals surface area contributed by atoms with Crippen LogP contribution in [0.2, 0.25) is 5.02 Å². The van der Waals surface area contributed by atoms with Crippen LogP contribution < -0.4 is 15.4 Å². The first-order valence-electron chi connectivity index (χ1n) is 8.96. The number of carbonyl (C=O) groups excluding carboxylic acids is 2. The number of aryl methyl sites for hydroxylation is 1. The van der Waals surface area contributed by atoms with E-state index in [4.69, 9.17) is 16.3 Å². The van der Waals surface area contributed by atoms with Gasteiger partial charge in [-0.15, -0.1) is 0 Å². The van der Waals surface area contributed by atoms with Crippen molar-refractivity contribution in [1.82, 2.24) is 15.3 Å². The van der Waals surface area contributed by atoms with Gasteiger partial charge in [-0.2, -0.15) is 0 Å². The quantitative estimate of drug-likeness (QED) is 0.588. The number of pyridine rings is 1. The van der Waals surface area contributed by atoms with E-state index in [2.05, 4.69) is 20.6 Å². The normalized spacial score (nSPS) is 18.4. The van der Waals surface area contributed by atoms with Crippen LogP contribution >= 0.6 is 11.6 Å². The smallest absolute Gasteiger partial charge is 0.313 e. The third-order valence-electron chi connectivity index (χ3n) is 4.70. The van der Waals surface area contributed by atoms with Crippen molar-refractivity contribution in [3.05, 3.63) is 53.3 Å². The summed E-state index contributed by atoms with van der Waals surface area (Å²) in [6.45, 7) is 1.96. The maximum absolute atomic E-state index is 12.2. The fourth-order valence-corrected chi connectivity index (χ4v) is 3.27. The van der Waals surface area contributed by atoms with E-state index in [9.17, 15) is 9.59 Å². The lowest BCUT2D eigenvalue weighted by Crippen LogP contribution is -2.51. The molecular weight excluding hydrogens is 380 g/mol. The molecule has 3 aromatic rings. The summed E-state index contributed by atoms with van der Waals surface area (Å²) in [7, 11) is 0. The van der Waals surface area contributed by atoms with Gasteiger partial charge >= 0.3 is 11.8 Å². The van der Waals surface area contributed by atoms with Crippen molar-refractivity contribution >= 4 is 40.0 Å². The number of nitrogens with one attached hydrogen (secondary N) is 3. The minimum atomic E-state index is -0.717. The molecule has 2 aromatic heterocycles. The Balaban J connectivity index is 1.28. The van der Waals surface area contributed by atoms with Crippen molar-refractivity contribution in [3.8, 4) is 5.88 Å². The zero-order valence-corrected chi connectivity index (χ0v) is 15.9. The topological polar surface area (TPSA) is 96.1 Å². The van der Waals surface area contributed by atoms with E-state index in [1.807, 2.05) is 25.1 Å². The number of benzene rings is 1. The molecule has 0 radical (unpaired) electrons. The van der Waals surface area contributed by atoms with Crippen LogP contribution in [0, 0.1) is 6.92 Å². The monoisotopic (exact) mass is 398 g/mol. The highest BCUT2D eigenvalue weighted by Gasteiger charge is 2.33. The highest BCUT2D eigenvalue weighted by Crippen LogP contribution is 2.27. The van der Waals surface area contributed by atoms with Gasteiger partial charge in [0.15, 0.2) is 0 Å². The van der Waals surface area contributed by atoms with Crippen LogP contribution in [-0.4, -0.2) is 33.9 Å². The number of anilines is 1. The molecule has 0 atom stereocenters. The number of carbonyl (C=O) groups is 2. The zero-order valence-electron chi connectivity index (χ0n) is 15.2. The number of ether oxygens (including phenoxy) is 1. The fourth-order valence-electron chi connectivity index (χ4n) is 3.10. The Kier molecular flexibility index (Phi) is 4.92. The molecule has 1 aliphatic rings. The van der Waals surface area contributed by atoms with Gasteiger partial charge in [0.05, 0.1) is 5.69 Å². The molecule has 8 heteroatoms. The van der Waals surface area contributed by atoms with Crippen molar-refractivity contribution in [2.24, 2.45) is 0 Å². The number of halogens is 1. The molecule has 4 rings (SSSR count). The number of nitrogens with zero attached hydrogens (tertiary/aromatic N) is 1. The summed E-state index contributed by atoms with van der Waals surface area (Å²) >= 11 is 6.00. The molecule has 1 saturated carbocycles. The van der Waals surface area contributed by atoms with Gasteiger partial charge in [0.1, 0.15) is 6.10 Å². The Labute approximate surface area is 166 Å². The van der Waals surface area contributed by atoms with Gasteiger partial charge in [-0.05, 0) is 30.7 Å². The maximum atomic E-state index is 12.2. The molecule has 2 amide bonds. The van der Waals surface area contributed by atoms with Crippen molar-refractivity contribution in [2.45, 2.75) is 31.9 Å². The van der Waals surface area contributed by atoms with E-state index >= 15 is 0 Å². The van der Waals surface area contributed by atoms with E-state index < -0.39 is 11.8 Å². The Morgan fingerprint density at radius 2 is 2.04 bits per heavy atom. The minimum Gasteiger partial charge on any atom is -0.474 e. The van der Waals surface area contributed by atoms with Gasteiger partial charge in [-0.25, -0.2) is 4.98 Å². The van der Waals surface area contributed by atoms with E-state index in [1.54, 1.807) is 24.5 Å². The average Bonchev–Trinajstić information content (AvgIpc) is 3.03. The number of H-pyrrole nitrogens is 1. The van der Waals surface area contributed by atoms with Crippen LogP contribution in [0.3, 0.4) is 0 Å². The van der Waals surface area contributed by atoms with E-state index in [1.165, 1.54) is 0 Å². The molecule has 1 aliphatic carbocycles. The van der Waals surface area contributed by atoms with Gasteiger partial charge in [0.25, 0.3) is 0 Å². The standard InChI is InChI=1S/C20H19ClN4O3/c1-11-2-5-18(23-9-11)28-14-7-13(8-14)24-19(26)20(27)25-17-10-22-16-4-3-12(21)6-15(16)17/h2-6,9-10,13-14,22H,7-8H2,1H3,(H,24,26)(H,25,27). The van der Waals surface area contributed by atoms with Crippen LogP contribution in [0.1, 0.15) is 18.4 Å². The van der Waals surface area contributed by atoms with Crippen LogP contribution in [0.25, 0.3) is 10.9 Å². The van der Waals surface area contributed by atoms with Crippen LogP contribution in [0.4, 0.5) is 5.69 Å². The molecule has 0 spiro atoms. The second-order valence-corrected chi connectivity index (χ2v) is 7.34. The third kappa shape index (κ3) is 3.94. The molecule has 1 aromatic carbocycles. The summed E-state index contributed by atoms with van der Waals surface area (Å²) in [5.74, 6) is -0.824. The number of aromatic nitrogens is 2. The largest absolute Gasteiger partial charge is 0.474 e. The molecule has 0 saturated heterocycles. The third-order valence-corrected chi connectivity index (χ3v) is 4.93. The molecule has 0 aliphatic heterocycles. The Bertz CT molecular complexity index is 1030. The first-order chi connectivity index (χ1) is 13.5. The molecule has 0 bridgehead atoms. The first-order valence-corrected chi connectivity index (χ1v) is 9.33. The molecule has 28 heavy (non-hydrogen) atoms. The average molecular weight is 399 g/mol. The Morgan fingerprint density at radius 1 is 1.21 bits per heavy atom. The molecule has 0 unspecified atom stereocenters. The zero-order chi connectivity index (χ0) is 19.7. The number of fused-ring (bicyclic) bond motifs is 1. The van der Waals surface area contributed by atoms with Gasteiger partial charge in [-0.1, -0.05) is 17.7 Å². The summed E-state index contributed by atoms with van der Waals surface area (Å²) in [6.07, 6.45) is 4.64. The van der Waals surface area contributed by atoms with Crippen molar-refractivity contribution in [2.75, 3.05) is 5.32 Å². The summed E-state index contributed by atoms with van der Waals surface area (Å²) < 4.78 is 5.74. The summed E-state index contributed by atoms with van der Waals surface area (Å²) in [4.78, 5) is 31.6. The lowest BCUT2D eigenvalue weighted by molar-refractivity contribution is -0.137. The molecule has 7 nitrogen and oxygen atoms in total. The van der Waals surface area contributed by atoms with Gasteiger partial charge < -0.3 is 20.4 Å². The highest BCUT2D eigenvalue weighted by atomic mass is 35.5. The van der Waals surface area contributed by atoms with E-state index in [-0.39, 0.29) is 12.1 Å². The summed E-state index contributed by atoms with van der Waals surface area (Å²) in [5, 5.41) is 6.64. The van der Waals surface area contributed by atoms with Gasteiger partial charge in [0, 0.05) is 53.3 Å². The molecule has 3 N–H and O–H groups in total. The summed E-state index contributed by atoms with van der Waals surface area (Å²) in [5.41, 5.74) is 2.40. The Hall–Kier alpha value is -3.06. The van der Waals surface area contributed by atoms with Crippen molar-refractivity contribution in [1.29, 1.82) is 0 Å². The molecule has 144 valence electrons. The lowest BCUT2D eigenvalue weighted by atomic mass is 9.89. The van der Waals surface area contributed by atoms with Crippen LogP contribution in [0.15, 0.2) is 42.7 Å². The number of amides is 2. The number of hydrogen-bond acceptors (Lipinski definition) is 4. The molecule has 2 heterocycles.